The van der Waals surface area contributed by atoms with Crippen molar-refractivity contribution in [3.8, 4) is 0 Å². The molecule has 8 heteroatoms. The summed E-state index contributed by atoms with van der Waals surface area (Å²) in [6, 6.07) is 4.34. The first-order chi connectivity index (χ1) is 9.75. The van der Waals surface area contributed by atoms with Crippen molar-refractivity contribution in [2.24, 2.45) is 0 Å². The number of nitrogens with two attached hydrogens (primary N) is 1. The summed E-state index contributed by atoms with van der Waals surface area (Å²) in [6.45, 7) is 0. The van der Waals surface area contributed by atoms with Crippen molar-refractivity contribution in [3.63, 3.8) is 0 Å². The molecular weight excluding hydrogens is 289 g/mol. The molecule has 1 atom stereocenters. The number of aryl methyl sites for hydroxylation is 1. The van der Waals surface area contributed by atoms with Gasteiger partial charge in [-0.3, -0.25) is 9.59 Å². The fourth-order valence-electron chi connectivity index (χ4n) is 2.24. The van der Waals surface area contributed by atoms with Crippen LogP contribution in [0, 0.1) is 0 Å². The lowest BCUT2D eigenvalue weighted by atomic mass is 10.0. The number of amides is 2. The molecular formula is C13H13F3N2O3. The maximum atomic E-state index is 12.9. The SMILES string of the molecule is COC(N1C(=O)CCc2ccc(N)cc2C1=O)C(F)(F)F. The second kappa shape index (κ2) is 5.36. The number of rotatable bonds is 2. The maximum Gasteiger partial charge on any atom is 0.434 e. The van der Waals surface area contributed by atoms with E-state index in [2.05, 4.69) is 4.74 Å². The number of anilines is 1. The van der Waals surface area contributed by atoms with Gasteiger partial charge in [0, 0.05) is 24.8 Å². The van der Waals surface area contributed by atoms with Crippen LogP contribution in [0.1, 0.15) is 22.3 Å². The Kier molecular flexibility index (Phi) is 3.91. The topological polar surface area (TPSA) is 72.6 Å². The third kappa shape index (κ3) is 2.85. The molecule has 5 nitrogen and oxygen atoms in total. The van der Waals surface area contributed by atoms with E-state index in [-0.39, 0.29) is 29.0 Å². The summed E-state index contributed by atoms with van der Waals surface area (Å²) in [5, 5.41) is 0. The van der Waals surface area contributed by atoms with E-state index in [1.165, 1.54) is 18.2 Å². The Labute approximate surface area is 118 Å². The number of nitrogens with zero attached hydrogens (tertiary/aromatic N) is 1. The van der Waals surface area contributed by atoms with E-state index < -0.39 is 24.2 Å². The van der Waals surface area contributed by atoms with Gasteiger partial charge in [0.05, 0.1) is 0 Å². The number of imide groups is 1. The van der Waals surface area contributed by atoms with Gasteiger partial charge in [-0.25, -0.2) is 4.90 Å². The van der Waals surface area contributed by atoms with E-state index in [0.717, 1.165) is 7.11 Å². The Bertz CT molecular complexity index is 587. The lowest BCUT2D eigenvalue weighted by molar-refractivity contribution is -0.247. The average Bonchev–Trinajstić information content (AvgIpc) is 2.50. The van der Waals surface area contributed by atoms with Crippen LogP contribution in [0.3, 0.4) is 0 Å². The quantitative estimate of drug-likeness (QED) is 0.667. The van der Waals surface area contributed by atoms with Crippen LogP contribution in [0.5, 0.6) is 0 Å². The van der Waals surface area contributed by atoms with E-state index in [1.807, 2.05) is 0 Å². The van der Waals surface area contributed by atoms with Crippen LogP contribution < -0.4 is 5.73 Å². The summed E-state index contributed by atoms with van der Waals surface area (Å²) in [4.78, 5) is 24.4. The fraction of sp³-hybridized carbons (Fsp3) is 0.385. The van der Waals surface area contributed by atoms with E-state index in [0.29, 0.717) is 5.56 Å². The van der Waals surface area contributed by atoms with E-state index in [1.54, 1.807) is 0 Å². The number of alkyl halides is 3. The number of carbonyl (C=O) groups is 2. The summed E-state index contributed by atoms with van der Waals surface area (Å²) in [6.07, 6.45) is -7.51. The van der Waals surface area contributed by atoms with Crippen LogP contribution in [0.25, 0.3) is 0 Å². The van der Waals surface area contributed by atoms with Gasteiger partial charge in [-0.1, -0.05) is 6.07 Å². The maximum absolute atomic E-state index is 12.9. The van der Waals surface area contributed by atoms with Crippen molar-refractivity contribution in [2.75, 3.05) is 12.8 Å². The zero-order chi connectivity index (χ0) is 15.8. The monoisotopic (exact) mass is 302 g/mol. The van der Waals surface area contributed by atoms with Gasteiger partial charge in [-0.05, 0) is 24.1 Å². The molecule has 0 bridgehead atoms. The van der Waals surface area contributed by atoms with Crippen LogP contribution in [0.15, 0.2) is 18.2 Å². The molecule has 0 saturated carbocycles. The number of ether oxygens (including phenoxy) is 1. The summed E-state index contributed by atoms with van der Waals surface area (Å²) in [5.74, 6) is -1.98. The molecule has 2 amide bonds. The molecule has 2 N–H and O–H groups in total. The average molecular weight is 302 g/mol. The number of hydrogen-bond acceptors (Lipinski definition) is 4. The van der Waals surface area contributed by atoms with Crippen molar-refractivity contribution in [1.82, 2.24) is 4.90 Å². The van der Waals surface area contributed by atoms with Gasteiger partial charge in [-0.15, -0.1) is 0 Å². The minimum Gasteiger partial charge on any atom is -0.399 e. The molecule has 0 spiro atoms. The highest BCUT2D eigenvalue weighted by Crippen LogP contribution is 2.30. The highest BCUT2D eigenvalue weighted by Gasteiger charge is 2.49. The standard InChI is InChI=1S/C13H13F3N2O3/c1-21-12(13(14,15)16)18-10(19)5-3-7-2-4-8(17)6-9(7)11(18)20/h2,4,6,12H,3,5,17H2,1H3. The molecule has 114 valence electrons. The lowest BCUT2D eigenvalue weighted by Gasteiger charge is -2.29. The van der Waals surface area contributed by atoms with Gasteiger partial charge in [0.15, 0.2) is 0 Å². The number of hydrogen-bond donors (Lipinski definition) is 1. The molecule has 1 heterocycles. The molecule has 21 heavy (non-hydrogen) atoms. The number of fused-ring (bicyclic) bond motifs is 1. The zero-order valence-corrected chi connectivity index (χ0v) is 11.1. The molecule has 0 fully saturated rings. The van der Waals surface area contributed by atoms with Crippen LogP contribution in [0.2, 0.25) is 0 Å². The van der Waals surface area contributed by atoms with E-state index in [4.69, 9.17) is 5.73 Å². The van der Waals surface area contributed by atoms with Gasteiger partial charge in [0.25, 0.3) is 5.91 Å². The van der Waals surface area contributed by atoms with E-state index >= 15 is 0 Å². The Morgan fingerprint density at radius 1 is 1.29 bits per heavy atom. The third-order valence-electron chi connectivity index (χ3n) is 3.20. The molecule has 0 saturated heterocycles. The van der Waals surface area contributed by atoms with Gasteiger partial charge in [0.2, 0.25) is 12.1 Å². The molecule has 0 aromatic heterocycles. The van der Waals surface area contributed by atoms with Crippen LogP contribution in [-0.4, -0.2) is 36.2 Å². The largest absolute Gasteiger partial charge is 0.434 e. The molecule has 1 aromatic rings. The van der Waals surface area contributed by atoms with Crippen molar-refractivity contribution in [3.05, 3.63) is 29.3 Å². The van der Waals surface area contributed by atoms with Gasteiger partial charge in [0.1, 0.15) is 0 Å². The Balaban J connectivity index is 2.51. The molecule has 1 aromatic carbocycles. The number of carbonyl (C=O) groups excluding carboxylic acids is 2. The highest BCUT2D eigenvalue weighted by molar-refractivity contribution is 6.07. The first kappa shape index (κ1) is 15.3. The first-order valence-corrected chi connectivity index (χ1v) is 6.10. The summed E-state index contributed by atoms with van der Waals surface area (Å²) >= 11 is 0. The minimum absolute atomic E-state index is 0.00727. The Hall–Kier alpha value is -2.09. The molecule has 2 rings (SSSR count). The summed E-state index contributed by atoms with van der Waals surface area (Å²) in [5.41, 5.74) is 6.27. The summed E-state index contributed by atoms with van der Waals surface area (Å²) < 4.78 is 43.2. The summed E-state index contributed by atoms with van der Waals surface area (Å²) in [7, 11) is 0.796. The molecule has 1 aliphatic heterocycles. The van der Waals surface area contributed by atoms with Gasteiger partial charge in [-0.2, -0.15) is 13.2 Å². The fourth-order valence-corrected chi connectivity index (χ4v) is 2.24. The molecule has 1 unspecified atom stereocenters. The molecule has 0 aliphatic carbocycles. The van der Waals surface area contributed by atoms with Crippen LogP contribution in [-0.2, 0) is 16.0 Å². The second-order valence-electron chi connectivity index (χ2n) is 4.62. The second-order valence-corrected chi connectivity index (χ2v) is 4.62. The van der Waals surface area contributed by atoms with Crippen molar-refractivity contribution in [2.45, 2.75) is 25.2 Å². The van der Waals surface area contributed by atoms with Crippen LogP contribution >= 0.6 is 0 Å². The van der Waals surface area contributed by atoms with Crippen LogP contribution in [0.4, 0.5) is 18.9 Å². The van der Waals surface area contributed by atoms with Crippen molar-refractivity contribution >= 4 is 17.5 Å². The third-order valence-corrected chi connectivity index (χ3v) is 3.20. The molecule has 0 radical (unpaired) electrons. The minimum atomic E-state index is -4.87. The lowest BCUT2D eigenvalue weighted by Crippen LogP contribution is -2.52. The smallest absolute Gasteiger partial charge is 0.399 e. The normalized spacial score (nSPS) is 17.4. The predicted molar refractivity (Wildman–Crippen MR) is 67.2 cm³/mol. The van der Waals surface area contributed by atoms with Gasteiger partial charge >= 0.3 is 6.18 Å². The Morgan fingerprint density at radius 2 is 1.95 bits per heavy atom. The number of methoxy groups -OCH3 is 1. The number of halogens is 3. The number of benzene rings is 1. The van der Waals surface area contributed by atoms with E-state index in [9.17, 15) is 22.8 Å². The van der Waals surface area contributed by atoms with Crippen molar-refractivity contribution in [1.29, 1.82) is 0 Å². The zero-order valence-electron chi connectivity index (χ0n) is 11.1. The molecule has 1 aliphatic rings. The predicted octanol–water partition coefficient (Wildman–Crippen LogP) is 1.72. The van der Waals surface area contributed by atoms with Gasteiger partial charge < -0.3 is 10.5 Å². The Morgan fingerprint density at radius 3 is 2.52 bits per heavy atom. The first-order valence-electron chi connectivity index (χ1n) is 6.10. The van der Waals surface area contributed by atoms with Crippen molar-refractivity contribution < 1.29 is 27.5 Å². The highest BCUT2D eigenvalue weighted by atomic mass is 19.4. The number of nitrogen functional groups attached to an aromatic ring is 1.